The van der Waals surface area contributed by atoms with E-state index in [-0.39, 0.29) is 0 Å². The first-order valence-electron chi connectivity index (χ1n) is 7.61. The van der Waals surface area contributed by atoms with Crippen molar-refractivity contribution >= 4 is 34.7 Å². The van der Waals surface area contributed by atoms with Gasteiger partial charge >= 0.3 is 0 Å². The molecule has 0 unspecified atom stereocenters. The van der Waals surface area contributed by atoms with E-state index in [9.17, 15) is 0 Å². The lowest BCUT2D eigenvalue weighted by Gasteiger charge is -2.05. The molecule has 4 aromatic rings. The first kappa shape index (κ1) is 17.1. The second-order valence-electron chi connectivity index (χ2n) is 5.26. The van der Waals surface area contributed by atoms with E-state index in [0.29, 0.717) is 27.5 Å². The molecule has 0 bridgehead atoms. The smallest absolute Gasteiger partial charge is 0.209 e. The molecule has 1 aromatic carbocycles. The molecule has 0 aliphatic rings. The summed E-state index contributed by atoms with van der Waals surface area (Å²) in [6.45, 7) is 0. The third-order valence-corrected chi connectivity index (χ3v) is 5.55. The van der Waals surface area contributed by atoms with E-state index in [0.717, 1.165) is 21.9 Å². The number of thioether (sulfide) groups is 1. The molecule has 1 N–H and O–H groups in total. The van der Waals surface area contributed by atoms with Crippen molar-refractivity contribution in [3.05, 3.63) is 52.5 Å². The lowest BCUT2D eigenvalue weighted by atomic mass is 10.2. The van der Waals surface area contributed by atoms with Crippen molar-refractivity contribution in [3.63, 3.8) is 0 Å². The number of rotatable bonds is 6. The van der Waals surface area contributed by atoms with Crippen LogP contribution in [0.5, 0.6) is 5.75 Å². The number of nitrogens with one attached hydrogen (secondary N) is 1. The minimum absolute atomic E-state index is 0.603. The molecule has 0 spiro atoms. The molecule has 0 saturated carbocycles. The van der Waals surface area contributed by atoms with Crippen LogP contribution in [0, 0.1) is 0 Å². The highest BCUT2D eigenvalue weighted by molar-refractivity contribution is 7.98. The summed E-state index contributed by atoms with van der Waals surface area (Å²) < 4.78 is 10.7. The second kappa shape index (κ2) is 7.53. The SMILES string of the molecule is COc1ccc(Cl)cc1-c1nc(SCc2cc(-c3cccs3)on2)n[nH]1. The number of thiophene rings is 1. The Hall–Kier alpha value is -2.29. The van der Waals surface area contributed by atoms with Gasteiger partial charge in [-0.25, -0.2) is 4.98 Å². The minimum atomic E-state index is 0.603. The lowest BCUT2D eigenvalue weighted by molar-refractivity contribution is 0.416. The van der Waals surface area contributed by atoms with Gasteiger partial charge in [0.25, 0.3) is 0 Å². The van der Waals surface area contributed by atoms with Crippen LogP contribution in [0.25, 0.3) is 22.0 Å². The van der Waals surface area contributed by atoms with Crippen molar-refractivity contribution in [1.82, 2.24) is 20.3 Å². The summed E-state index contributed by atoms with van der Waals surface area (Å²) in [6.07, 6.45) is 0. The lowest BCUT2D eigenvalue weighted by Crippen LogP contribution is -1.89. The highest BCUT2D eigenvalue weighted by atomic mass is 35.5. The summed E-state index contributed by atoms with van der Waals surface area (Å²) in [6, 6.07) is 11.3. The standard InChI is InChI=1S/C17H13ClN4O2S2/c1-23-13-5-4-10(18)7-12(13)16-19-17(21-20-16)26-9-11-8-14(24-22-11)15-3-2-6-25-15/h2-8H,9H2,1H3,(H,19,20,21). The Balaban J connectivity index is 1.47. The van der Waals surface area contributed by atoms with Gasteiger partial charge in [0.2, 0.25) is 5.16 Å². The van der Waals surface area contributed by atoms with Crippen molar-refractivity contribution in [1.29, 1.82) is 0 Å². The van der Waals surface area contributed by atoms with Gasteiger partial charge in [0.1, 0.15) is 5.75 Å². The van der Waals surface area contributed by atoms with Crippen molar-refractivity contribution in [2.75, 3.05) is 7.11 Å². The number of H-pyrrole nitrogens is 1. The zero-order valence-corrected chi connectivity index (χ0v) is 16.0. The number of halogens is 1. The van der Waals surface area contributed by atoms with Gasteiger partial charge in [-0.2, -0.15) is 0 Å². The number of aromatic amines is 1. The van der Waals surface area contributed by atoms with Gasteiger partial charge in [-0.1, -0.05) is 34.6 Å². The van der Waals surface area contributed by atoms with Gasteiger partial charge in [-0.3, -0.25) is 5.10 Å². The van der Waals surface area contributed by atoms with Gasteiger partial charge in [0.15, 0.2) is 11.6 Å². The van der Waals surface area contributed by atoms with Crippen LogP contribution in [0.1, 0.15) is 5.69 Å². The van der Waals surface area contributed by atoms with Gasteiger partial charge in [-0.05, 0) is 29.6 Å². The predicted molar refractivity (Wildman–Crippen MR) is 103 cm³/mol. The predicted octanol–water partition coefficient (Wildman–Crippen LogP) is 5.14. The summed E-state index contributed by atoms with van der Waals surface area (Å²) in [4.78, 5) is 5.56. The fraction of sp³-hybridized carbons (Fsp3) is 0.118. The summed E-state index contributed by atoms with van der Waals surface area (Å²) >= 11 is 9.16. The highest BCUT2D eigenvalue weighted by Crippen LogP contribution is 2.32. The third kappa shape index (κ3) is 3.62. The summed E-state index contributed by atoms with van der Waals surface area (Å²) in [5.41, 5.74) is 1.60. The molecule has 0 atom stereocenters. The number of benzene rings is 1. The maximum absolute atomic E-state index is 6.08. The van der Waals surface area contributed by atoms with Gasteiger partial charge in [0, 0.05) is 16.8 Å². The van der Waals surface area contributed by atoms with Gasteiger partial charge in [-0.15, -0.1) is 16.4 Å². The first-order valence-corrected chi connectivity index (χ1v) is 9.86. The van der Waals surface area contributed by atoms with E-state index in [4.69, 9.17) is 20.9 Å². The molecule has 4 rings (SSSR count). The van der Waals surface area contributed by atoms with Gasteiger partial charge < -0.3 is 9.26 Å². The molecular weight excluding hydrogens is 392 g/mol. The zero-order valence-electron chi connectivity index (χ0n) is 13.6. The Bertz CT molecular complexity index is 1010. The maximum Gasteiger partial charge on any atom is 0.209 e. The van der Waals surface area contributed by atoms with Crippen LogP contribution >= 0.6 is 34.7 Å². The highest BCUT2D eigenvalue weighted by Gasteiger charge is 2.13. The van der Waals surface area contributed by atoms with Gasteiger partial charge in [0.05, 0.1) is 23.2 Å². The normalized spacial score (nSPS) is 11.0. The molecular formula is C17H13ClN4O2S2. The largest absolute Gasteiger partial charge is 0.496 e. The van der Waals surface area contributed by atoms with Crippen molar-refractivity contribution < 1.29 is 9.26 Å². The molecule has 0 radical (unpaired) electrons. The number of hydrogen-bond acceptors (Lipinski definition) is 7. The molecule has 0 fully saturated rings. The monoisotopic (exact) mass is 404 g/mol. The molecule has 0 aliphatic carbocycles. The Morgan fingerprint density at radius 1 is 1.31 bits per heavy atom. The van der Waals surface area contributed by atoms with Crippen molar-refractivity contribution in [2.24, 2.45) is 0 Å². The molecule has 3 aromatic heterocycles. The van der Waals surface area contributed by atoms with Crippen molar-refractivity contribution in [3.8, 4) is 27.8 Å². The van der Waals surface area contributed by atoms with E-state index in [1.165, 1.54) is 11.8 Å². The number of methoxy groups -OCH3 is 1. The number of aromatic nitrogens is 4. The fourth-order valence-electron chi connectivity index (χ4n) is 2.35. The topological polar surface area (TPSA) is 76.8 Å². The average molecular weight is 405 g/mol. The summed E-state index contributed by atoms with van der Waals surface area (Å²) in [5, 5.41) is 14.5. The summed E-state index contributed by atoms with van der Waals surface area (Å²) in [7, 11) is 1.61. The minimum Gasteiger partial charge on any atom is -0.496 e. The van der Waals surface area contributed by atoms with Crippen LogP contribution < -0.4 is 4.74 Å². The first-order chi connectivity index (χ1) is 12.7. The molecule has 3 heterocycles. The molecule has 26 heavy (non-hydrogen) atoms. The van der Waals surface area contributed by atoms with Crippen LogP contribution in [0.15, 0.2) is 51.5 Å². The van der Waals surface area contributed by atoms with E-state index in [1.807, 2.05) is 23.6 Å². The maximum atomic E-state index is 6.08. The molecule has 6 nitrogen and oxygen atoms in total. The van der Waals surface area contributed by atoms with Crippen molar-refractivity contribution in [2.45, 2.75) is 10.9 Å². The third-order valence-electron chi connectivity index (χ3n) is 3.55. The van der Waals surface area contributed by atoms with Crippen LogP contribution in [0.4, 0.5) is 0 Å². The fourth-order valence-corrected chi connectivity index (χ4v) is 3.87. The van der Waals surface area contributed by atoms with E-state index >= 15 is 0 Å². The molecule has 0 aliphatic heterocycles. The van der Waals surface area contributed by atoms with E-state index in [2.05, 4.69) is 20.3 Å². The Labute approximate surface area is 162 Å². The number of nitrogens with zero attached hydrogens (tertiary/aromatic N) is 3. The van der Waals surface area contributed by atoms with E-state index < -0.39 is 0 Å². The zero-order chi connectivity index (χ0) is 17.9. The molecule has 0 amide bonds. The molecule has 9 heteroatoms. The second-order valence-corrected chi connectivity index (χ2v) is 7.59. The Kier molecular flexibility index (Phi) is 4.96. The number of ether oxygens (including phenoxy) is 1. The Morgan fingerprint density at radius 3 is 3.04 bits per heavy atom. The average Bonchev–Trinajstić information content (AvgIpc) is 3.40. The molecule has 0 saturated heterocycles. The van der Waals surface area contributed by atoms with Crippen LogP contribution in [-0.4, -0.2) is 27.4 Å². The quantitative estimate of drug-likeness (QED) is 0.448. The van der Waals surface area contributed by atoms with Crippen LogP contribution in [-0.2, 0) is 5.75 Å². The van der Waals surface area contributed by atoms with Crippen LogP contribution in [0.2, 0.25) is 5.02 Å². The molecule has 132 valence electrons. The van der Waals surface area contributed by atoms with Crippen LogP contribution in [0.3, 0.4) is 0 Å². The number of hydrogen-bond donors (Lipinski definition) is 1. The van der Waals surface area contributed by atoms with E-state index in [1.54, 1.807) is 36.6 Å². The Morgan fingerprint density at radius 2 is 2.23 bits per heavy atom. The summed E-state index contributed by atoms with van der Waals surface area (Å²) in [5.74, 6) is 2.67.